The van der Waals surface area contributed by atoms with Crippen LogP contribution in [0.25, 0.3) is 16.6 Å². The number of pyridine rings is 3. The molecule has 32 heavy (non-hydrogen) atoms. The number of aromatic amines is 1. The molecule has 4 rings (SSSR count). The highest BCUT2D eigenvalue weighted by Gasteiger charge is 2.30. The lowest BCUT2D eigenvalue weighted by Gasteiger charge is -2.40. The second-order valence-corrected chi connectivity index (χ2v) is 8.63. The van der Waals surface area contributed by atoms with Crippen molar-refractivity contribution in [3.8, 4) is 0 Å². The Bertz CT molecular complexity index is 1240. The van der Waals surface area contributed by atoms with Crippen LogP contribution in [0.5, 0.6) is 0 Å². The average molecular weight is 432 g/mol. The molecule has 0 spiro atoms. The Balaban J connectivity index is 1.55. The van der Waals surface area contributed by atoms with Crippen molar-refractivity contribution in [2.24, 2.45) is 0 Å². The number of fused-ring (bicyclic) bond motifs is 1. The van der Waals surface area contributed by atoms with Gasteiger partial charge in [0.2, 0.25) is 0 Å². The van der Waals surface area contributed by atoms with Crippen LogP contribution in [-0.4, -0.2) is 45.9 Å². The minimum Gasteiger partial charge on any atom is -0.354 e. The number of aromatic nitrogens is 3. The second kappa shape index (κ2) is 8.67. The maximum absolute atomic E-state index is 12.2. The first-order chi connectivity index (χ1) is 15.3. The lowest BCUT2D eigenvalue weighted by atomic mass is 9.90. The van der Waals surface area contributed by atoms with Gasteiger partial charge in [-0.05, 0) is 61.6 Å². The van der Waals surface area contributed by atoms with Crippen LogP contribution in [0.15, 0.2) is 47.5 Å². The summed E-state index contributed by atoms with van der Waals surface area (Å²) in [5.74, 6) is -0.182. The normalized spacial score (nSPS) is 14.9. The van der Waals surface area contributed by atoms with Crippen molar-refractivity contribution >= 4 is 22.5 Å². The zero-order chi connectivity index (χ0) is 22.9. The molecule has 0 unspecified atom stereocenters. The highest BCUT2D eigenvalue weighted by atomic mass is 16.1. The Morgan fingerprint density at radius 2 is 2.03 bits per heavy atom. The van der Waals surface area contributed by atoms with Crippen molar-refractivity contribution in [1.29, 1.82) is 0 Å². The van der Waals surface area contributed by atoms with Gasteiger partial charge in [0.25, 0.3) is 11.5 Å². The van der Waals surface area contributed by atoms with Crippen molar-refractivity contribution < 1.29 is 4.79 Å². The summed E-state index contributed by atoms with van der Waals surface area (Å²) in [5.41, 5.74) is 5.82. The van der Waals surface area contributed by atoms with E-state index in [0.717, 1.165) is 47.2 Å². The first-order valence-electron chi connectivity index (χ1n) is 11.0. The third-order valence-electron chi connectivity index (χ3n) is 6.45. The lowest BCUT2D eigenvalue weighted by molar-refractivity contribution is 0.0958. The molecule has 0 aliphatic carbocycles. The molecular formula is C25H29N5O2. The molecule has 7 nitrogen and oxygen atoms in total. The smallest absolute Gasteiger partial charge is 0.269 e. The van der Waals surface area contributed by atoms with Crippen molar-refractivity contribution in [2.75, 3.05) is 20.1 Å². The minimum atomic E-state index is -0.245. The molecule has 1 aliphatic rings. The molecule has 1 amide bonds. The number of hydrogen-bond acceptors (Lipinski definition) is 5. The quantitative estimate of drug-likeness (QED) is 0.647. The van der Waals surface area contributed by atoms with Crippen molar-refractivity contribution in [2.45, 2.75) is 39.2 Å². The van der Waals surface area contributed by atoms with Gasteiger partial charge in [0, 0.05) is 43.6 Å². The number of nitrogens with one attached hydrogen (secondary N) is 2. The van der Waals surface area contributed by atoms with Gasteiger partial charge in [0.15, 0.2) is 0 Å². The predicted molar refractivity (Wildman–Crippen MR) is 127 cm³/mol. The minimum absolute atomic E-state index is 0.0432. The monoisotopic (exact) mass is 431 g/mol. The van der Waals surface area contributed by atoms with Gasteiger partial charge in [0.05, 0.1) is 11.0 Å². The molecule has 0 saturated carbocycles. The Morgan fingerprint density at radius 3 is 2.66 bits per heavy atom. The summed E-state index contributed by atoms with van der Waals surface area (Å²) in [6, 6.07) is 7.64. The van der Waals surface area contributed by atoms with E-state index < -0.39 is 0 Å². The highest BCUT2D eigenvalue weighted by molar-refractivity contribution is 5.92. The van der Waals surface area contributed by atoms with E-state index in [4.69, 9.17) is 0 Å². The summed E-state index contributed by atoms with van der Waals surface area (Å²) in [4.78, 5) is 38.3. The molecule has 4 heterocycles. The first-order valence-corrected chi connectivity index (χ1v) is 11.0. The molecule has 0 saturated heterocycles. The molecule has 166 valence electrons. The summed E-state index contributed by atoms with van der Waals surface area (Å²) < 4.78 is 0. The summed E-state index contributed by atoms with van der Waals surface area (Å²) in [7, 11) is 1.60. The maximum Gasteiger partial charge on any atom is 0.269 e. The number of rotatable bonds is 5. The molecule has 3 aromatic heterocycles. The van der Waals surface area contributed by atoms with Gasteiger partial charge in [0.1, 0.15) is 5.69 Å². The SMILES string of the molecule is CCc1cc2ncc(C(C)(C)N3CC=C(c4ccc(C(=O)NC)nc4)CC3)cc2[nH]c1=O. The van der Waals surface area contributed by atoms with Gasteiger partial charge in [-0.1, -0.05) is 19.1 Å². The number of H-pyrrole nitrogens is 1. The van der Waals surface area contributed by atoms with Crippen molar-refractivity contribution in [1.82, 2.24) is 25.2 Å². The molecule has 7 heteroatoms. The molecule has 0 fully saturated rings. The Kier molecular flexibility index (Phi) is 5.93. The second-order valence-electron chi connectivity index (χ2n) is 8.63. The van der Waals surface area contributed by atoms with Crippen molar-refractivity contribution in [3.63, 3.8) is 0 Å². The topological polar surface area (TPSA) is 91.0 Å². The van der Waals surface area contributed by atoms with Gasteiger partial charge in [-0.3, -0.25) is 24.5 Å². The predicted octanol–water partition coefficient (Wildman–Crippen LogP) is 3.26. The number of amides is 1. The Labute approximate surface area is 187 Å². The number of carbonyl (C=O) groups excluding carboxylic acids is 1. The molecule has 1 aliphatic heterocycles. The summed E-state index contributed by atoms with van der Waals surface area (Å²) in [5, 5.41) is 2.59. The molecule has 2 N–H and O–H groups in total. The third kappa shape index (κ3) is 4.08. The molecule has 0 aromatic carbocycles. The number of carbonyl (C=O) groups is 1. The Morgan fingerprint density at radius 1 is 1.22 bits per heavy atom. The summed E-state index contributed by atoms with van der Waals surface area (Å²) >= 11 is 0. The zero-order valence-electron chi connectivity index (χ0n) is 19.0. The van der Waals surface area contributed by atoms with E-state index >= 15 is 0 Å². The lowest BCUT2D eigenvalue weighted by Crippen LogP contribution is -2.43. The van der Waals surface area contributed by atoms with E-state index in [9.17, 15) is 9.59 Å². The van der Waals surface area contributed by atoms with Crippen LogP contribution in [0.3, 0.4) is 0 Å². The summed E-state index contributed by atoms with van der Waals surface area (Å²) in [6.45, 7) is 8.03. The van der Waals surface area contributed by atoms with Gasteiger partial charge in [-0.25, -0.2) is 0 Å². The zero-order valence-corrected chi connectivity index (χ0v) is 19.0. The fourth-order valence-electron chi connectivity index (χ4n) is 4.19. The van der Waals surface area contributed by atoms with Gasteiger partial charge in [-0.2, -0.15) is 0 Å². The molecule has 0 atom stereocenters. The van der Waals surface area contributed by atoms with E-state index in [1.807, 2.05) is 31.3 Å². The van der Waals surface area contributed by atoms with E-state index in [-0.39, 0.29) is 17.0 Å². The van der Waals surface area contributed by atoms with Crippen molar-refractivity contribution in [3.05, 3.63) is 75.5 Å². The number of nitrogens with zero attached hydrogens (tertiary/aromatic N) is 3. The Hall–Kier alpha value is -3.32. The van der Waals surface area contributed by atoms with Crippen LogP contribution >= 0.6 is 0 Å². The molecule has 0 bridgehead atoms. The van der Waals surface area contributed by atoms with Crippen LogP contribution in [-0.2, 0) is 12.0 Å². The van der Waals surface area contributed by atoms with Gasteiger partial charge < -0.3 is 10.3 Å². The van der Waals surface area contributed by atoms with Gasteiger partial charge >= 0.3 is 0 Å². The standard InChI is InChI=1S/C25H29N5O2/c1-5-16-12-21-22(29-23(16)31)13-19(15-28-21)25(2,3)30-10-8-17(9-11-30)18-6-7-20(27-14-18)24(32)26-4/h6-8,12-15H,5,9-11H2,1-4H3,(H,26,32)(H,29,31). The van der Waals surface area contributed by atoms with E-state index in [0.29, 0.717) is 12.1 Å². The van der Waals surface area contributed by atoms with E-state index in [2.05, 4.69) is 45.1 Å². The fraction of sp³-hybridized carbons (Fsp3) is 0.360. The van der Waals surface area contributed by atoms with Crippen LogP contribution < -0.4 is 10.9 Å². The third-order valence-corrected chi connectivity index (χ3v) is 6.45. The average Bonchev–Trinajstić information content (AvgIpc) is 2.82. The van der Waals surface area contributed by atoms with Crippen LogP contribution in [0.1, 0.15) is 54.4 Å². The fourth-order valence-corrected chi connectivity index (χ4v) is 4.19. The van der Waals surface area contributed by atoms with Crippen LogP contribution in [0.2, 0.25) is 0 Å². The molecular weight excluding hydrogens is 402 g/mol. The maximum atomic E-state index is 12.2. The van der Waals surface area contributed by atoms with E-state index in [1.54, 1.807) is 19.3 Å². The first kappa shape index (κ1) is 21.9. The van der Waals surface area contributed by atoms with E-state index in [1.165, 1.54) is 5.57 Å². The highest BCUT2D eigenvalue weighted by Crippen LogP contribution is 2.33. The van der Waals surface area contributed by atoms with Crippen LogP contribution in [0, 0.1) is 0 Å². The number of hydrogen-bond donors (Lipinski definition) is 2. The molecule has 3 aromatic rings. The van der Waals surface area contributed by atoms with Crippen LogP contribution in [0.4, 0.5) is 0 Å². The largest absolute Gasteiger partial charge is 0.354 e. The van der Waals surface area contributed by atoms with Gasteiger partial charge in [-0.15, -0.1) is 0 Å². The molecule has 0 radical (unpaired) electrons. The summed E-state index contributed by atoms with van der Waals surface area (Å²) in [6.07, 6.45) is 7.49. The number of aryl methyl sites for hydroxylation is 1.